The third-order valence-electron chi connectivity index (χ3n) is 6.64. The van der Waals surface area contributed by atoms with Crippen LogP contribution in [-0.2, 0) is 0 Å². The molecule has 4 saturated heterocycles. The molecule has 0 aliphatic carbocycles. The first-order chi connectivity index (χ1) is 12.4. The molecule has 0 saturated carbocycles. The van der Waals surface area contributed by atoms with E-state index >= 15 is 0 Å². The van der Waals surface area contributed by atoms with E-state index in [2.05, 4.69) is 20.4 Å². The minimum absolute atomic E-state index is 0.909. The molecule has 146 valence electrons. The second-order valence-electron chi connectivity index (χ2n) is 8.63. The summed E-state index contributed by atoms with van der Waals surface area (Å²) in [4.78, 5) is 5.39. The molecular weight excluding hydrogens is 308 g/mol. The molecule has 25 heavy (non-hydrogen) atoms. The van der Waals surface area contributed by atoms with Crippen LogP contribution in [0.4, 0.5) is 0 Å². The van der Waals surface area contributed by atoms with Gasteiger partial charge in [0.2, 0.25) is 0 Å². The van der Waals surface area contributed by atoms with Crippen molar-refractivity contribution in [1.29, 1.82) is 0 Å². The summed E-state index contributed by atoms with van der Waals surface area (Å²) in [5.41, 5.74) is 0. The first-order valence-electron chi connectivity index (χ1n) is 11.3. The van der Waals surface area contributed by atoms with Gasteiger partial charge in [-0.3, -0.25) is 0 Å². The highest BCUT2D eigenvalue weighted by atomic mass is 15.2. The van der Waals surface area contributed by atoms with Gasteiger partial charge in [-0.2, -0.15) is 0 Å². The van der Waals surface area contributed by atoms with Crippen molar-refractivity contribution in [1.82, 2.24) is 20.4 Å². The van der Waals surface area contributed by atoms with Crippen molar-refractivity contribution in [2.24, 2.45) is 5.92 Å². The summed E-state index contributed by atoms with van der Waals surface area (Å²) in [5.74, 6) is 0.986. The molecule has 0 spiro atoms. The highest BCUT2D eigenvalue weighted by Crippen LogP contribution is 2.18. The zero-order valence-electron chi connectivity index (χ0n) is 16.5. The Morgan fingerprint density at radius 3 is 1.72 bits per heavy atom. The Hall–Kier alpha value is -0.160. The summed E-state index contributed by atoms with van der Waals surface area (Å²) in [5, 5.41) is 6.86. The molecular formula is C21H42N4. The van der Waals surface area contributed by atoms with Gasteiger partial charge in [0.1, 0.15) is 0 Å². The second kappa shape index (κ2) is 11.5. The molecule has 0 aromatic heterocycles. The largest absolute Gasteiger partial charge is 0.317 e. The fourth-order valence-electron chi connectivity index (χ4n) is 5.03. The molecule has 0 atom stereocenters. The van der Waals surface area contributed by atoms with Gasteiger partial charge in [0.25, 0.3) is 0 Å². The van der Waals surface area contributed by atoms with Crippen LogP contribution in [0.3, 0.4) is 0 Å². The van der Waals surface area contributed by atoms with E-state index in [1.807, 2.05) is 0 Å². The lowest BCUT2D eigenvalue weighted by Crippen LogP contribution is -2.45. The zero-order valence-corrected chi connectivity index (χ0v) is 16.5. The molecule has 4 nitrogen and oxygen atoms in total. The Morgan fingerprint density at radius 2 is 1.12 bits per heavy atom. The minimum atomic E-state index is 0.909. The molecule has 0 aromatic rings. The molecule has 0 aromatic carbocycles. The summed E-state index contributed by atoms with van der Waals surface area (Å²) in [7, 11) is 0. The number of piperidine rings is 4. The Kier molecular flexibility index (Phi) is 9.04. The van der Waals surface area contributed by atoms with Crippen molar-refractivity contribution >= 4 is 0 Å². The van der Waals surface area contributed by atoms with Gasteiger partial charge in [-0.15, -0.1) is 0 Å². The normalized spacial score (nSPS) is 28.3. The topological polar surface area (TPSA) is 30.5 Å². The third-order valence-corrected chi connectivity index (χ3v) is 6.64. The highest BCUT2D eigenvalue weighted by Gasteiger charge is 2.21. The summed E-state index contributed by atoms with van der Waals surface area (Å²) >= 11 is 0. The summed E-state index contributed by atoms with van der Waals surface area (Å²) < 4.78 is 0. The van der Waals surface area contributed by atoms with Crippen LogP contribution < -0.4 is 10.6 Å². The lowest BCUT2D eigenvalue weighted by atomic mass is 9.96. The fraction of sp³-hybridized carbons (Fsp3) is 1.00. The van der Waals surface area contributed by atoms with Crippen LogP contribution in [0.2, 0.25) is 0 Å². The summed E-state index contributed by atoms with van der Waals surface area (Å²) in [6.45, 7) is 11.8. The lowest BCUT2D eigenvalue weighted by molar-refractivity contribution is 0.136. The van der Waals surface area contributed by atoms with Crippen molar-refractivity contribution in [2.75, 3.05) is 58.9 Å². The Bertz CT molecular complexity index is 293. The maximum absolute atomic E-state index is 3.43. The smallest absolute Gasteiger partial charge is 0.0119 e. The van der Waals surface area contributed by atoms with E-state index in [0.29, 0.717) is 0 Å². The van der Waals surface area contributed by atoms with E-state index in [-0.39, 0.29) is 0 Å². The standard InChI is InChI=1S/C11H22N2.C10H20N2/c1-2-8-13(9-3-1)10-11-4-6-12-7-5-11;1-2-8-12(9-3-1)10-4-6-11-7-5-10/h11-12H,1-10H2;10-11H,1-9H2. The van der Waals surface area contributed by atoms with Crippen molar-refractivity contribution in [3.8, 4) is 0 Å². The van der Waals surface area contributed by atoms with Gasteiger partial charge < -0.3 is 20.4 Å². The minimum Gasteiger partial charge on any atom is -0.317 e. The molecule has 4 heteroatoms. The maximum Gasteiger partial charge on any atom is 0.0119 e. The highest BCUT2D eigenvalue weighted by molar-refractivity contribution is 4.79. The zero-order chi connectivity index (χ0) is 17.2. The van der Waals surface area contributed by atoms with Crippen LogP contribution in [0.5, 0.6) is 0 Å². The van der Waals surface area contributed by atoms with Crippen LogP contribution in [0.15, 0.2) is 0 Å². The molecule has 0 bridgehead atoms. The van der Waals surface area contributed by atoms with E-state index < -0.39 is 0 Å². The number of hydrogen-bond donors (Lipinski definition) is 2. The number of nitrogens with one attached hydrogen (secondary N) is 2. The van der Waals surface area contributed by atoms with Crippen molar-refractivity contribution in [2.45, 2.75) is 70.3 Å². The van der Waals surface area contributed by atoms with Crippen LogP contribution in [0.25, 0.3) is 0 Å². The predicted octanol–water partition coefficient (Wildman–Crippen LogP) is 2.70. The molecule has 0 radical (unpaired) electrons. The first kappa shape index (κ1) is 19.6. The number of likely N-dealkylation sites (tertiary alicyclic amines) is 2. The van der Waals surface area contributed by atoms with Gasteiger partial charge >= 0.3 is 0 Å². The molecule has 4 rings (SSSR count). The van der Waals surface area contributed by atoms with Crippen LogP contribution >= 0.6 is 0 Å². The molecule has 2 N–H and O–H groups in total. The monoisotopic (exact) mass is 350 g/mol. The van der Waals surface area contributed by atoms with E-state index in [1.165, 1.54) is 123 Å². The van der Waals surface area contributed by atoms with Gasteiger partial charge in [-0.25, -0.2) is 0 Å². The predicted molar refractivity (Wildman–Crippen MR) is 107 cm³/mol. The lowest BCUT2D eigenvalue weighted by Gasteiger charge is -2.36. The van der Waals surface area contributed by atoms with Crippen LogP contribution in [0, 0.1) is 5.92 Å². The quantitative estimate of drug-likeness (QED) is 0.819. The number of hydrogen-bond acceptors (Lipinski definition) is 4. The summed E-state index contributed by atoms with van der Waals surface area (Å²) in [6.07, 6.45) is 14.2. The van der Waals surface area contributed by atoms with Crippen molar-refractivity contribution in [3.63, 3.8) is 0 Å². The van der Waals surface area contributed by atoms with Crippen LogP contribution in [0.1, 0.15) is 64.2 Å². The van der Waals surface area contributed by atoms with Gasteiger partial charge in [0.15, 0.2) is 0 Å². The molecule has 0 amide bonds. The number of rotatable bonds is 3. The molecule has 0 unspecified atom stereocenters. The fourth-order valence-corrected chi connectivity index (χ4v) is 5.03. The summed E-state index contributed by atoms with van der Waals surface area (Å²) in [6, 6.07) is 0.909. The van der Waals surface area contributed by atoms with E-state index in [0.717, 1.165) is 12.0 Å². The van der Waals surface area contributed by atoms with Gasteiger partial charge in [0, 0.05) is 12.6 Å². The van der Waals surface area contributed by atoms with Crippen LogP contribution in [-0.4, -0.2) is 74.7 Å². The van der Waals surface area contributed by atoms with E-state index in [1.54, 1.807) is 0 Å². The molecule has 4 heterocycles. The Morgan fingerprint density at radius 1 is 0.600 bits per heavy atom. The van der Waals surface area contributed by atoms with E-state index in [9.17, 15) is 0 Å². The van der Waals surface area contributed by atoms with Gasteiger partial charge in [-0.1, -0.05) is 12.8 Å². The average molecular weight is 351 g/mol. The second-order valence-corrected chi connectivity index (χ2v) is 8.63. The third kappa shape index (κ3) is 7.16. The number of nitrogens with zero attached hydrogens (tertiary/aromatic N) is 2. The maximum atomic E-state index is 3.43. The van der Waals surface area contributed by atoms with E-state index in [4.69, 9.17) is 0 Å². The van der Waals surface area contributed by atoms with Crippen molar-refractivity contribution < 1.29 is 0 Å². The van der Waals surface area contributed by atoms with Gasteiger partial charge in [0.05, 0.1) is 0 Å². The Labute approximate surface area is 156 Å². The molecule has 4 aliphatic rings. The average Bonchev–Trinajstić information content (AvgIpc) is 2.71. The van der Waals surface area contributed by atoms with Crippen molar-refractivity contribution in [3.05, 3.63) is 0 Å². The molecule has 4 fully saturated rings. The SMILES string of the molecule is C1CCN(C2CCNCC2)CC1.C1CCN(CC2CCNCC2)CC1. The molecule has 4 aliphatic heterocycles. The Balaban J connectivity index is 0.000000146. The first-order valence-corrected chi connectivity index (χ1v) is 11.3. The van der Waals surface area contributed by atoms with Gasteiger partial charge in [-0.05, 0) is 110 Å².